The van der Waals surface area contributed by atoms with Crippen molar-refractivity contribution in [3.8, 4) is 6.07 Å². The highest BCUT2D eigenvalue weighted by atomic mass is 31.2. The van der Waals surface area contributed by atoms with Gasteiger partial charge in [-0.1, -0.05) is 103 Å². The summed E-state index contributed by atoms with van der Waals surface area (Å²) in [5, 5.41) is 14.1. The van der Waals surface area contributed by atoms with E-state index in [-0.39, 0.29) is 6.61 Å². The molecule has 0 spiro atoms. The van der Waals surface area contributed by atoms with Crippen molar-refractivity contribution in [1.82, 2.24) is 14.6 Å². The fourth-order valence-electron chi connectivity index (χ4n) is 5.35. The van der Waals surface area contributed by atoms with Crippen LogP contribution in [0.1, 0.15) is 134 Å². The lowest BCUT2D eigenvalue weighted by atomic mass is 9.99. The van der Waals surface area contributed by atoms with E-state index in [9.17, 15) is 10.2 Å². The van der Waals surface area contributed by atoms with Crippen molar-refractivity contribution >= 4 is 14.1 Å². The highest BCUT2D eigenvalue weighted by molar-refractivity contribution is 7.40. The molecule has 10 heteroatoms. The molecule has 0 bridgehead atoms. The Morgan fingerprint density at radius 1 is 0.841 bits per heavy atom. The molecule has 2 heterocycles. The number of rotatable bonds is 29. The van der Waals surface area contributed by atoms with Crippen LogP contribution in [0, 0.1) is 18.3 Å². The summed E-state index contributed by atoms with van der Waals surface area (Å²) in [4.78, 5) is 14.4. The zero-order valence-electron chi connectivity index (χ0n) is 27.8. The molecule has 0 aliphatic heterocycles. The average Bonchev–Trinajstić information content (AvgIpc) is 3.46. The molecule has 0 fully saturated rings. The van der Waals surface area contributed by atoms with Gasteiger partial charge in [-0.05, 0) is 44.7 Å². The van der Waals surface area contributed by atoms with Gasteiger partial charge in [0.25, 0.3) is 0 Å². The summed E-state index contributed by atoms with van der Waals surface area (Å²) in [6.45, 7) is 5.82. The summed E-state index contributed by atoms with van der Waals surface area (Å²) in [6, 6.07) is 6.15. The van der Waals surface area contributed by atoms with E-state index in [0.717, 1.165) is 29.9 Å². The maximum absolute atomic E-state index is 10.2. The maximum Gasteiger partial charge on any atom is 0.329 e. The summed E-state index contributed by atoms with van der Waals surface area (Å²) in [5.74, 6) is 0. The Kier molecular flexibility index (Phi) is 21.5. The van der Waals surface area contributed by atoms with Crippen LogP contribution < -0.4 is 0 Å². The van der Waals surface area contributed by atoms with Gasteiger partial charge in [0, 0.05) is 26.0 Å². The highest BCUT2D eigenvalue weighted by Gasteiger charge is 2.32. The number of nitriles is 1. The SMILES string of the molecule is CCCCCCCCCCCCCCCCCCOCCCOP(O)OCC(C#N)(CCc1ccc2c(C)ncnn12)OC. The second kappa shape index (κ2) is 24.6. The number of methoxy groups -OCH3 is 1. The van der Waals surface area contributed by atoms with Crippen LogP contribution in [0.5, 0.6) is 0 Å². The van der Waals surface area contributed by atoms with Gasteiger partial charge in [-0.25, -0.2) is 9.50 Å². The number of fused-ring (bicyclic) bond motifs is 1. The molecule has 250 valence electrons. The predicted molar refractivity (Wildman–Crippen MR) is 177 cm³/mol. The first kappa shape index (κ1) is 38.5. The van der Waals surface area contributed by atoms with Crippen LogP contribution in [0.2, 0.25) is 0 Å². The monoisotopic (exact) mass is 634 g/mol. The Hall–Kier alpha value is -1.66. The van der Waals surface area contributed by atoms with E-state index in [4.69, 9.17) is 18.5 Å². The van der Waals surface area contributed by atoms with Gasteiger partial charge >= 0.3 is 8.60 Å². The smallest absolute Gasteiger partial charge is 0.329 e. The second-order valence-corrected chi connectivity index (χ2v) is 12.9. The topological polar surface area (TPSA) is 111 Å². The van der Waals surface area contributed by atoms with Crippen LogP contribution in [-0.2, 0) is 24.9 Å². The first-order chi connectivity index (χ1) is 21.5. The fourth-order valence-corrected chi connectivity index (χ4v) is 6.03. The molecule has 2 rings (SSSR count). The standard InChI is InChI=1S/C34H59N4O5P/c1-4-5-6-7-8-9-10-11-12-13-14-15-16-17-18-19-25-41-26-20-27-42-44(39)43-29-34(28-35,40-3)24-23-32-21-22-33-31(2)36-30-37-38(32)33/h21-22,30,39H,4-20,23-27,29H2,1-3H3. The molecule has 44 heavy (non-hydrogen) atoms. The normalized spacial score (nSPS) is 13.7. The van der Waals surface area contributed by atoms with E-state index in [0.29, 0.717) is 32.5 Å². The molecule has 0 saturated heterocycles. The quantitative estimate of drug-likeness (QED) is 0.0698. The van der Waals surface area contributed by atoms with Gasteiger partial charge in [0.2, 0.25) is 0 Å². The first-order valence-electron chi connectivity index (χ1n) is 17.1. The number of nitrogens with zero attached hydrogens (tertiary/aromatic N) is 4. The minimum absolute atomic E-state index is 0.0880. The summed E-state index contributed by atoms with van der Waals surface area (Å²) >= 11 is 0. The summed E-state index contributed by atoms with van der Waals surface area (Å²) in [6.07, 6.45) is 24.9. The molecule has 0 saturated carbocycles. The molecule has 0 aliphatic rings. The Bertz CT molecular complexity index is 1030. The van der Waals surface area contributed by atoms with E-state index in [2.05, 4.69) is 23.1 Å². The van der Waals surface area contributed by atoms with Crippen molar-refractivity contribution in [3.05, 3.63) is 29.8 Å². The van der Waals surface area contributed by atoms with Gasteiger partial charge in [0.15, 0.2) is 5.60 Å². The van der Waals surface area contributed by atoms with E-state index < -0.39 is 14.2 Å². The Morgan fingerprint density at radius 2 is 1.43 bits per heavy atom. The van der Waals surface area contributed by atoms with Gasteiger partial charge in [-0.3, -0.25) is 0 Å². The van der Waals surface area contributed by atoms with Crippen molar-refractivity contribution < 1.29 is 23.4 Å². The highest BCUT2D eigenvalue weighted by Crippen LogP contribution is 2.35. The molecule has 0 aliphatic carbocycles. The van der Waals surface area contributed by atoms with Crippen LogP contribution in [-0.4, -0.2) is 58.6 Å². The van der Waals surface area contributed by atoms with Crippen LogP contribution in [0.4, 0.5) is 0 Å². The first-order valence-corrected chi connectivity index (χ1v) is 18.3. The lowest BCUT2D eigenvalue weighted by Gasteiger charge is -2.25. The third-order valence-electron chi connectivity index (χ3n) is 8.29. The lowest BCUT2D eigenvalue weighted by Crippen LogP contribution is -2.35. The van der Waals surface area contributed by atoms with Gasteiger partial charge in [0.1, 0.15) is 12.4 Å². The van der Waals surface area contributed by atoms with Crippen LogP contribution in [0.25, 0.3) is 5.52 Å². The van der Waals surface area contributed by atoms with Gasteiger partial charge in [0.05, 0.1) is 24.4 Å². The zero-order valence-corrected chi connectivity index (χ0v) is 28.7. The molecular weight excluding hydrogens is 575 g/mol. The van der Waals surface area contributed by atoms with Gasteiger partial charge in [-0.2, -0.15) is 10.4 Å². The number of hydrogen-bond donors (Lipinski definition) is 1. The van der Waals surface area contributed by atoms with Crippen molar-refractivity contribution in [2.24, 2.45) is 0 Å². The Balaban J connectivity index is 1.40. The van der Waals surface area contributed by atoms with Gasteiger partial charge < -0.3 is 23.4 Å². The molecule has 2 unspecified atom stereocenters. The van der Waals surface area contributed by atoms with Crippen molar-refractivity contribution in [1.29, 1.82) is 5.26 Å². The minimum Gasteiger partial charge on any atom is -0.381 e. The van der Waals surface area contributed by atoms with Crippen molar-refractivity contribution in [2.45, 2.75) is 141 Å². The molecule has 1 N–H and O–H groups in total. The van der Waals surface area contributed by atoms with Crippen LogP contribution in [0.15, 0.2) is 18.5 Å². The van der Waals surface area contributed by atoms with Crippen molar-refractivity contribution in [3.63, 3.8) is 0 Å². The number of ether oxygens (including phenoxy) is 2. The molecule has 0 aromatic carbocycles. The van der Waals surface area contributed by atoms with Crippen LogP contribution >= 0.6 is 8.60 Å². The predicted octanol–water partition coefficient (Wildman–Crippen LogP) is 8.80. The van der Waals surface area contributed by atoms with E-state index in [1.54, 1.807) is 0 Å². The fraction of sp³-hybridized carbons (Fsp3) is 0.794. The average molecular weight is 635 g/mol. The third kappa shape index (κ3) is 16.1. The molecule has 0 radical (unpaired) electrons. The van der Waals surface area contributed by atoms with E-state index >= 15 is 0 Å². The number of hydrogen-bond acceptors (Lipinski definition) is 8. The Labute approximate surface area is 268 Å². The van der Waals surface area contributed by atoms with Crippen molar-refractivity contribution in [2.75, 3.05) is 33.5 Å². The third-order valence-corrected chi connectivity index (χ3v) is 9.04. The molecule has 2 atom stereocenters. The second-order valence-electron chi connectivity index (χ2n) is 11.9. The number of aryl methyl sites for hydroxylation is 2. The molecule has 2 aromatic heterocycles. The molecule has 9 nitrogen and oxygen atoms in total. The largest absolute Gasteiger partial charge is 0.381 e. The minimum atomic E-state index is -2.10. The number of unbranched alkanes of at least 4 members (excludes halogenated alkanes) is 15. The van der Waals surface area contributed by atoms with Gasteiger partial charge in [-0.15, -0.1) is 0 Å². The molecular formula is C34H59N4O5P. The van der Waals surface area contributed by atoms with E-state index in [1.807, 2.05) is 23.6 Å². The Morgan fingerprint density at radius 3 is 2.02 bits per heavy atom. The summed E-state index contributed by atoms with van der Waals surface area (Å²) in [7, 11) is -0.625. The number of aromatic nitrogens is 3. The maximum atomic E-state index is 10.2. The summed E-state index contributed by atoms with van der Waals surface area (Å²) in [5.41, 5.74) is 1.57. The van der Waals surface area contributed by atoms with Crippen LogP contribution in [0.3, 0.4) is 0 Å². The van der Waals surface area contributed by atoms with E-state index in [1.165, 1.54) is 110 Å². The molecule has 2 aromatic rings. The zero-order chi connectivity index (χ0) is 31.7. The lowest BCUT2D eigenvalue weighted by molar-refractivity contribution is -0.0110. The molecule has 0 amide bonds. The summed E-state index contributed by atoms with van der Waals surface area (Å²) < 4.78 is 24.0.